The summed E-state index contributed by atoms with van der Waals surface area (Å²) in [5.74, 6) is 0.500. The largest absolute Gasteiger partial charge is 0.496 e. The van der Waals surface area contributed by atoms with E-state index >= 15 is 0 Å². The first-order chi connectivity index (χ1) is 9.92. The van der Waals surface area contributed by atoms with Crippen LogP contribution in [0.25, 0.3) is 0 Å². The van der Waals surface area contributed by atoms with Crippen LogP contribution in [0.15, 0.2) is 18.2 Å². The van der Waals surface area contributed by atoms with Crippen molar-refractivity contribution in [2.75, 3.05) is 39.1 Å². The zero-order chi connectivity index (χ0) is 15.5. The molecule has 0 aromatic heterocycles. The fraction of sp³-hybridized carbons (Fsp3) is 0.600. The van der Waals surface area contributed by atoms with Crippen molar-refractivity contribution in [1.29, 1.82) is 0 Å². The minimum absolute atomic E-state index is 0.0466. The van der Waals surface area contributed by atoms with Crippen LogP contribution in [-0.2, 0) is 0 Å². The Morgan fingerprint density at radius 3 is 2.62 bits per heavy atom. The van der Waals surface area contributed by atoms with E-state index < -0.39 is 4.92 Å². The van der Waals surface area contributed by atoms with Gasteiger partial charge in [0.25, 0.3) is 5.69 Å². The van der Waals surface area contributed by atoms with Crippen molar-refractivity contribution in [2.24, 2.45) is 5.41 Å². The Kier molecular flexibility index (Phi) is 4.67. The summed E-state index contributed by atoms with van der Waals surface area (Å²) in [7, 11) is 3.65. The van der Waals surface area contributed by atoms with Crippen LogP contribution in [-0.4, -0.2) is 43.6 Å². The van der Waals surface area contributed by atoms with E-state index in [1.165, 1.54) is 13.2 Å². The van der Waals surface area contributed by atoms with E-state index in [1.807, 2.05) is 0 Å². The van der Waals surface area contributed by atoms with Crippen molar-refractivity contribution < 1.29 is 9.66 Å². The number of hydrogen-bond acceptors (Lipinski definition) is 5. The number of nitro groups is 1. The van der Waals surface area contributed by atoms with Crippen LogP contribution in [0, 0.1) is 15.5 Å². The summed E-state index contributed by atoms with van der Waals surface area (Å²) in [4.78, 5) is 12.9. The summed E-state index contributed by atoms with van der Waals surface area (Å²) >= 11 is 0. The number of benzene rings is 1. The van der Waals surface area contributed by atoms with Crippen molar-refractivity contribution in [2.45, 2.75) is 19.8 Å². The third-order valence-corrected chi connectivity index (χ3v) is 4.25. The molecule has 1 N–H and O–H groups in total. The number of nitrogens with zero attached hydrogens (tertiary/aromatic N) is 2. The van der Waals surface area contributed by atoms with Gasteiger partial charge < -0.3 is 15.0 Å². The van der Waals surface area contributed by atoms with Crippen molar-refractivity contribution >= 4 is 11.4 Å². The van der Waals surface area contributed by atoms with Crippen molar-refractivity contribution in [3.63, 3.8) is 0 Å². The minimum Gasteiger partial charge on any atom is -0.496 e. The van der Waals surface area contributed by atoms with E-state index in [2.05, 4.69) is 24.2 Å². The van der Waals surface area contributed by atoms with Gasteiger partial charge in [-0.25, -0.2) is 0 Å². The SMILES string of the molecule is COc1cc(NCC2(C)CCN(C)CC2)cc([N+](=O)[O-])c1. The van der Waals surface area contributed by atoms with Crippen molar-refractivity contribution in [1.82, 2.24) is 4.90 Å². The number of hydrogen-bond donors (Lipinski definition) is 1. The molecule has 0 saturated carbocycles. The monoisotopic (exact) mass is 293 g/mol. The Labute approximate surface area is 125 Å². The molecular formula is C15H23N3O3. The summed E-state index contributed by atoms with van der Waals surface area (Å²) in [5.41, 5.74) is 1.01. The number of rotatable bonds is 5. The maximum Gasteiger partial charge on any atom is 0.275 e. The third-order valence-electron chi connectivity index (χ3n) is 4.25. The molecule has 6 nitrogen and oxygen atoms in total. The van der Waals surface area contributed by atoms with E-state index in [9.17, 15) is 10.1 Å². The molecule has 1 aromatic rings. The molecule has 0 unspecified atom stereocenters. The first-order valence-corrected chi connectivity index (χ1v) is 7.18. The number of methoxy groups -OCH3 is 1. The van der Waals surface area contributed by atoms with Gasteiger partial charge in [0, 0.05) is 24.4 Å². The van der Waals surface area contributed by atoms with Gasteiger partial charge in [-0.05, 0) is 38.4 Å². The number of piperidine rings is 1. The molecule has 2 rings (SSSR count). The predicted molar refractivity (Wildman–Crippen MR) is 83.0 cm³/mol. The zero-order valence-electron chi connectivity index (χ0n) is 12.9. The lowest BCUT2D eigenvalue weighted by atomic mass is 9.80. The number of non-ortho nitro benzene ring substituents is 1. The summed E-state index contributed by atoms with van der Waals surface area (Å²) in [6, 6.07) is 4.79. The van der Waals surface area contributed by atoms with E-state index in [-0.39, 0.29) is 11.1 Å². The van der Waals surface area contributed by atoms with Crippen molar-refractivity contribution in [3.05, 3.63) is 28.3 Å². The molecule has 1 aromatic carbocycles. The number of likely N-dealkylation sites (tertiary alicyclic amines) is 1. The average Bonchev–Trinajstić information content (AvgIpc) is 2.48. The number of ether oxygens (including phenoxy) is 1. The van der Waals surface area contributed by atoms with Crippen LogP contribution < -0.4 is 10.1 Å². The van der Waals surface area contributed by atoms with Gasteiger partial charge in [0.15, 0.2) is 0 Å². The molecule has 0 radical (unpaired) electrons. The summed E-state index contributed by atoms with van der Waals surface area (Å²) < 4.78 is 5.13. The maximum atomic E-state index is 10.9. The lowest BCUT2D eigenvalue weighted by Crippen LogP contribution is -2.40. The fourth-order valence-corrected chi connectivity index (χ4v) is 2.56. The van der Waals surface area contributed by atoms with E-state index in [1.54, 1.807) is 12.1 Å². The van der Waals surface area contributed by atoms with E-state index in [0.29, 0.717) is 5.75 Å². The van der Waals surface area contributed by atoms with Crippen LogP contribution in [0.1, 0.15) is 19.8 Å². The molecule has 116 valence electrons. The summed E-state index contributed by atoms with van der Waals surface area (Å²) in [5, 5.41) is 14.3. The maximum absolute atomic E-state index is 10.9. The quantitative estimate of drug-likeness (QED) is 0.668. The highest BCUT2D eigenvalue weighted by atomic mass is 16.6. The molecule has 6 heteroatoms. The van der Waals surface area contributed by atoms with E-state index in [4.69, 9.17) is 4.74 Å². The van der Waals surface area contributed by atoms with Gasteiger partial charge >= 0.3 is 0 Å². The number of nitrogens with one attached hydrogen (secondary N) is 1. The number of nitro benzene ring substituents is 1. The minimum atomic E-state index is -0.398. The van der Waals surface area contributed by atoms with Gasteiger partial charge in [0.1, 0.15) is 5.75 Å². The van der Waals surface area contributed by atoms with Gasteiger partial charge in [-0.2, -0.15) is 0 Å². The Morgan fingerprint density at radius 1 is 1.38 bits per heavy atom. The molecule has 21 heavy (non-hydrogen) atoms. The molecule has 1 fully saturated rings. The second-order valence-electron chi connectivity index (χ2n) is 6.14. The molecule has 1 aliphatic rings. The average molecular weight is 293 g/mol. The molecular weight excluding hydrogens is 270 g/mol. The first kappa shape index (κ1) is 15.6. The van der Waals surface area contributed by atoms with Crippen LogP contribution >= 0.6 is 0 Å². The standard InChI is InChI=1S/C15H23N3O3/c1-15(4-6-17(2)7-5-15)11-16-12-8-13(18(19)20)10-14(9-12)21-3/h8-10,16H,4-7,11H2,1-3H3. The van der Waals surface area contributed by atoms with Crippen molar-refractivity contribution in [3.8, 4) is 5.75 Å². The van der Waals surface area contributed by atoms with Gasteiger partial charge in [0.2, 0.25) is 0 Å². The highest BCUT2D eigenvalue weighted by Gasteiger charge is 2.28. The molecule has 1 heterocycles. The Bertz CT molecular complexity index is 511. The van der Waals surface area contributed by atoms with E-state index in [0.717, 1.165) is 38.2 Å². The van der Waals surface area contributed by atoms with Gasteiger partial charge in [-0.3, -0.25) is 10.1 Å². The second kappa shape index (κ2) is 6.30. The Morgan fingerprint density at radius 2 is 2.05 bits per heavy atom. The molecule has 0 atom stereocenters. The molecule has 0 amide bonds. The van der Waals surface area contributed by atoms with Gasteiger partial charge in [-0.1, -0.05) is 6.92 Å². The zero-order valence-corrected chi connectivity index (χ0v) is 12.9. The van der Waals surface area contributed by atoms with Crippen LogP contribution in [0.4, 0.5) is 11.4 Å². The second-order valence-corrected chi connectivity index (χ2v) is 6.14. The van der Waals surface area contributed by atoms with Crippen LogP contribution in [0.3, 0.4) is 0 Å². The molecule has 1 saturated heterocycles. The Hall–Kier alpha value is -1.82. The smallest absolute Gasteiger partial charge is 0.275 e. The topological polar surface area (TPSA) is 67.6 Å². The van der Waals surface area contributed by atoms with Crippen LogP contribution in [0.2, 0.25) is 0 Å². The molecule has 1 aliphatic heterocycles. The van der Waals surface area contributed by atoms with Gasteiger partial charge in [0.05, 0.1) is 18.1 Å². The molecule has 0 aliphatic carbocycles. The fourth-order valence-electron chi connectivity index (χ4n) is 2.56. The normalized spacial score (nSPS) is 18.2. The van der Waals surface area contributed by atoms with Gasteiger partial charge in [-0.15, -0.1) is 0 Å². The molecule has 0 spiro atoms. The lowest BCUT2D eigenvalue weighted by molar-refractivity contribution is -0.384. The molecule has 0 bridgehead atoms. The summed E-state index contributed by atoms with van der Waals surface area (Å²) in [6.07, 6.45) is 2.26. The third kappa shape index (κ3) is 4.07. The highest BCUT2D eigenvalue weighted by molar-refractivity contribution is 5.56. The van der Waals surface area contributed by atoms with Crippen LogP contribution in [0.5, 0.6) is 5.75 Å². The summed E-state index contributed by atoms with van der Waals surface area (Å²) in [6.45, 7) is 5.26. The number of anilines is 1. The first-order valence-electron chi connectivity index (χ1n) is 7.18. The lowest BCUT2D eigenvalue weighted by Gasteiger charge is -2.38. The Balaban J connectivity index is 2.05. The predicted octanol–water partition coefficient (Wildman–Crippen LogP) is 2.75. The highest BCUT2D eigenvalue weighted by Crippen LogP contribution is 2.32.